The number of amides is 1. The Bertz CT molecular complexity index is 755. The normalized spacial score (nSPS) is 25.0. The molecule has 138 valence electrons. The van der Waals surface area contributed by atoms with Gasteiger partial charge in [0.25, 0.3) is 0 Å². The van der Waals surface area contributed by atoms with Crippen molar-refractivity contribution < 1.29 is 22.3 Å². The third-order valence-electron chi connectivity index (χ3n) is 5.16. The van der Waals surface area contributed by atoms with Crippen molar-refractivity contribution in [2.45, 2.75) is 24.2 Å². The minimum atomic E-state index is -3.94. The lowest BCUT2D eigenvalue weighted by atomic mass is 9.78. The molecule has 0 N–H and O–H groups in total. The molecule has 2 heterocycles. The van der Waals surface area contributed by atoms with Crippen LogP contribution in [0.2, 0.25) is 0 Å². The van der Waals surface area contributed by atoms with E-state index in [4.69, 9.17) is 4.74 Å². The first-order valence-corrected chi connectivity index (χ1v) is 9.88. The highest BCUT2D eigenvalue weighted by molar-refractivity contribution is 7.89. The molecule has 0 aliphatic carbocycles. The number of hydrogen-bond donors (Lipinski definition) is 0. The number of carbonyl (C=O) groups excluding carboxylic acids is 1. The van der Waals surface area contributed by atoms with E-state index in [2.05, 4.69) is 0 Å². The van der Waals surface area contributed by atoms with Gasteiger partial charge in [-0.3, -0.25) is 4.79 Å². The van der Waals surface area contributed by atoms with E-state index in [0.717, 1.165) is 12.5 Å². The maximum absolute atomic E-state index is 14.0. The molecule has 8 heteroatoms. The Kier molecular flexibility index (Phi) is 5.13. The number of benzene rings is 1. The first-order chi connectivity index (χ1) is 11.9. The molecule has 1 aromatic carbocycles. The van der Waals surface area contributed by atoms with Crippen LogP contribution in [-0.4, -0.2) is 63.4 Å². The molecule has 6 nitrogen and oxygen atoms in total. The minimum Gasteiger partial charge on any atom is -0.383 e. The predicted molar refractivity (Wildman–Crippen MR) is 89.9 cm³/mol. The molecule has 0 aromatic heterocycles. The number of methoxy groups -OCH3 is 1. The summed E-state index contributed by atoms with van der Waals surface area (Å²) in [7, 11) is -2.35. The average molecular weight is 370 g/mol. The van der Waals surface area contributed by atoms with Crippen LogP contribution in [0.4, 0.5) is 4.39 Å². The maximum Gasteiger partial charge on any atom is 0.246 e. The summed E-state index contributed by atoms with van der Waals surface area (Å²) in [6.07, 6.45) is 1.98. The zero-order valence-electron chi connectivity index (χ0n) is 14.3. The lowest BCUT2D eigenvalue weighted by Crippen LogP contribution is -2.51. The van der Waals surface area contributed by atoms with Gasteiger partial charge in [-0.15, -0.1) is 0 Å². The van der Waals surface area contributed by atoms with Gasteiger partial charge in [-0.1, -0.05) is 12.1 Å². The van der Waals surface area contributed by atoms with Gasteiger partial charge in [-0.2, -0.15) is 4.31 Å². The molecule has 3 rings (SSSR count). The summed E-state index contributed by atoms with van der Waals surface area (Å²) in [5.74, 6) is -0.776. The molecular weight excluding hydrogens is 347 g/mol. The van der Waals surface area contributed by atoms with E-state index in [1.54, 1.807) is 12.0 Å². The van der Waals surface area contributed by atoms with E-state index in [1.165, 1.54) is 22.5 Å². The number of sulfonamides is 1. The van der Waals surface area contributed by atoms with Crippen LogP contribution in [0.1, 0.15) is 19.3 Å². The van der Waals surface area contributed by atoms with Gasteiger partial charge in [0.15, 0.2) is 0 Å². The second kappa shape index (κ2) is 7.01. The van der Waals surface area contributed by atoms with Gasteiger partial charge >= 0.3 is 0 Å². The van der Waals surface area contributed by atoms with Crippen LogP contribution in [0, 0.1) is 11.2 Å². The number of carbonyl (C=O) groups is 1. The number of rotatable bonds is 5. The second-order valence-corrected chi connectivity index (χ2v) is 8.59. The standard InChI is InChI=1S/C17H23FN2O4S/c1-24-12-11-19-9-4-7-17(16(19)21)8-10-20(13-17)25(22,23)15-6-3-2-5-14(15)18/h2-3,5-6H,4,7-13H2,1H3/t17-/m1/s1. The largest absolute Gasteiger partial charge is 0.383 e. The zero-order chi connectivity index (χ0) is 18.1. The fourth-order valence-corrected chi connectivity index (χ4v) is 5.37. The monoisotopic (exact) mass is 370 g/mol. The van der Waals surface area contributed by atoms with Gasteiger partial charge in [-0.25, -0.2) is 12.8 Å². The molecule has 0 radical (unpaired) electrons. The third-order valence-corrected chi connectivity index (χ3v) is 7.04. The van der Waals surface area contributed by atoms with Crippen molar-refractivity contribution in [2.75, 3.05) is 39.9 Å². The van der Waals surface area contributed by atoms with Crippen molar-refractivity contribution in [3.05, 3.63) is 30.1 Å². The number of hydrogen-bond acceptors (Lipinski definition) is 4. The molecular formula is C17H23FN2O4S. The van der Waals surface area contributed by atoms with E-state index >= 15 is 0 Å². The van der Waals surface area contributed by atoms with Crippen molar-refractivity contribution in [2.24, 2.45) is 5.41 Å². The molecule has 1 spiro atoms. The van der Waals surface area contributed by atoms with Gasteiger partial charge in [0, 0.05) is 33.3 Å². The molecule has 1 aromatic rings. The first kappa shape index (κ1) is 18.3. The van der Waals surface area contributed by atoms with Crippen LogP contribution in [-0.2, 0) is 19.6 Å². The third kappa shape index (κ3) is 3.30. The van der Waals surface area contributed by atoms with Gasteiger partial charge in [-0.05, 0) is 31.4 Å². The number of ether oxygens (including phenoxy) is 1. The average Bonchev–Trinajstić information content (AvgIpc) is 3.02. The van der Waals surface area contributed by atoms with E-state index < -0.39 is 21.3 Å². The number of piperidine rings is 1. The lowest BCUT2D eigenvalue weighted by Gasteiger charge is -2.39. The number of nitrogens with zero attached hydrogens (tertiary/aromatic N) is 2. The lowest BCUT2D eigenvalue weighted by molar-refractivity contribution is -0.146. The molecule has 2 aliphatic heterocycles. The molecule has 1 amide bonds. The summed E-state index contributed by atoms with van der Waals surface area (Å²) >= 11 is 0. The fourth-order valence-electron chi connectivity index (χ4n) is 3.78. The Balaban J connectivity index is 1.81. The Morgan fingerprint density at radius 2 is 2.00 bits per heavy atom. The zero-order valence-corrected chi connectivity index (χ0v) is 15.1. The van der Waals surface area contributed by atoms with Gasteiger partial charge in [0.05, 0.1) is 12.0 Å². The Labute approximate surface area is 147 Å². The SMILES string of the molecule is COCCN1CCC[C@]2(CCN(S(=O)(=O)c3ccccc3F)C2)C1=O. The minimum absolute atomic E-state index is 0.0120. The van der Waals surface area contributed by atoms with Crippen LogP contribution in [0.3, 0.4) is 0 Å². The molecule has 0 saturated carbocycles. The summed E-state index contributed by atoms with van der Waals surface area (Å²) in [5, 5.41) is 0. The van der Waals surface area contributed by atoms with Gasteiger partial charge in [0.1, 0.15) is 10.7 Å². The Morgan fingerprint density at radius 3 is 2.72 bits per heavy atom. The number of halogens is 1. The molecule has 2 fully saturated rings. The highest BCUT2D eigenvalue weighted by atomic mass is 32.2. The predicted octanol–water partition coefficient (Wildman–Crippen LogP) is 1.48. The quantitative estimate of drug-likeness (QED) is 0.787. The van der Waals surface area contributed by atoms with Crippen LogP contribution in [0.5, 0.6) is 0 Å². The van der Waals surface area contributed by atoms with Crippen LogP contribution in [0.25, 0.3) is 0 Å². The van der Waals surface area contributed by atoms with Crippen molar-refractivity contribution in [3.8, 4) is 0 Å². The maximum atomic E-state index is 14.0. The van der Waals surface area contributed by atoms with E-state index in [-0.39, 0.29) is 23.9 Å². The first-order valence-electron chi connectivity index (χ1n) is 8.44. The Hall–Kier alpha value is -1.51. The van der Waals surface area contributed by atoms with Crippen LogP contribution in [0.15, 0.2) is 29.2 Å². The molecule has 1 atom stereocenters. The van der Waals surface area contributed by atoms with Crippen molar-refractivity contribution in [3.63, 3.8) is 0 Å². The topological polar surface area (TPSA) is 66.9 Å². The van der Waals surface area contributed by atoms with E-state index in [9.17, 15) is 17.6 Å². The highest BCUT2D eigenvalue weighted by Crippen LogP contribution is 2.42. The second-order valence-electron chi connectivity index (χ2n) is 6.69. The molecule has 2 aliphatic rings. The number of likely N-dealkylation sites (tertiary alicyclic amines) is 1. The molecule has 0 unspecified atom stereocenters. The summed E-state index contributed by atoms with van der Waals surface area (Å²) in [6, 6.07) is 5.36. The van der Waals surface area contributed by atoms with Gasteiger partial charge in [0.2, 0.25) is 15.9 Å². The molecule has 25 heavy (non-hydrogen) atoms. The molecule has 0 bridgehead atoms. The van der Waals surface area contributed by atoms with Crippen LogP contribution >= 0.6 is 0 Å². The van der Waals surface area contributed by atoms with Gasteiger partial charge < -0.3 is 9.64 Å². The summed E-state index contributed by atoms with van der Waals surface area (Å²) < 4.78 is 45.8. The summed E-state index contributed by atoms with van der Waals surface area (Å²) in [5.41, 5.74) is -0.690. The van der Waals surface area contributed by atoms with Crippen molar-refractivity contribution in [1.82, 2.24) is 9.21 Å². The van der Waals surface area contributed by atoms with Crippen LogP contribution < -0.4 is 0 Å². The summed E-state index contributed by atoms with van der Waals surface area (Å²) in [6.45, 7) is 1.99. The smallest absolute Gasteiger partial charge is 0.246 e. The van der Waals surface area contributed by atoms with E-state index in [1.807, 2.05) is 0 Å². The Morgan fingerprint density at radius 1 is 1.24 bits per heavy atom. The highest BCUT2D eigenvalue weighted by Gasteiger charge is 2.51. The fraction of sp³-hybridized carbons (Fsp3) is 0.588. The summed E-state index contributed by atoms with van der Waals surface area (Å²) in [4.78, 5) is 14.3. The van der Waals surface area contributed by atoms with Crippen molar-refractivity contribution in [1.29, 1.82) is 0 Å². The van der Waals surface area contributed by atoms with E-state index in [0.29, 0.717) is 32.5 Å². The molecule has 2 saturated heterocycles. The van der Waals surface area contributed by atoms with Crippen molar-refractivity contribution >= 4 is 15.9 Å².